The van der Waals surface area contributed by atoms with E-state index in [1.807, 2.05) is 13.8 Å². The molecule has 3 nitrogen and oxygen atoms in total. The van der Waals surface area contributed by atoms with Gasteiger partial charge in [0.1, 0.15) is 6.04 Å². The highest BCUT2D eigenvalue weighted by atomic mass is 35.5. The number of carboxylic acid groups (broad SMARTS) is 1. The molecule has 0 aliphatic carbocycles. The minimum absolute atomic E-state index is 0. The second-order valence-electron chi connectivity index (χ2n) is 1.86. The number of nitrogens with one attached hydrogen (secondary N) is 1. The average molecular weight is 168 g/mol. The molecule has 0 aromatic carbocycles. The van der Waals surface area contributed by atoms with E-state index in [1.54, 1.807) is 0 Å². The van der Waals surface area contributed by atoms with Crippen LogP contribution in [0.2, 0.25) is 0 Å². The second kappa shape index (κ2) is 6.83. The van der Waals surface area contributed by atoms with Gasteiger partial charge in [0, 0.05) is 0 Å². The Labute approximate surface area is 67.2 Å². The normalized spacial score (nSPS) is 11.8. The third-order valence-corrected chi connectivity index (χ3v) is 1.16. The van der Waals surface area contributed by atoms with Crippen molar-refractivity contribution in [3.05, 3.63) is 0 Å². The van der Waals surface area contributed by atoms with Crippen LogP contribution in [0.4, 0.5) is 0 Å². The van der Waals surface area contributed by atoms with Gasteiger partial charge in [-0.3, -0.25) is 4.79 Å². The summed E-state index contributed by atoms with van der Waals surface area (Å²) in [5.41, 5.74) is 0. The Morgan fingerprint density at radius 3 is 2.20 bits per heavy atom. The molecule has 0 aromatic heterocycles. The minimum atomic E-state index is -0.764. The summed E-state index contributed by atoms with van der Waals surface area (Å²) in [4.78, 5) is 10.3. The molecule has 0 spiro atoms. The highest BCUT2D eigenvalue weighted by Gasteiger charge is 2.11. The first-order valence-electron chi connectivity index (χ1n) is 3.18. The van der Waals surface area contributed by atoms with Crippen LogP contribution in [0.3, 0.4) is 0 Å². The molecule has 0 fully saturated rings. The van der Waals surface area contributed by atoms with Crippen molar-refractivity contribution in [1.29, 1.82) is 0 Å². The van der Waals surface area contributed by atoms with Crippen molar-refractivity contribution in [3.8, 4) is 0 Å². The fourth-order valence-electron chi connectivity index (χ4n) is 0.653. The van der Waals surface area contributed by atoms with Crippen molar-refractivity contribution < 1.29 is 9.90 Å². The summed E-state index contributed by atoms with van der Waals surface area (Å²) in [6.45, 7) is 4.46. The van der Waals surface area contributed by atoms with Gasteiger partial charge < -0.3 is 10.4 Å². The van der Waals surface area contributed by atoms with Crippen LogP contribution >= 0.6 is 12.4 Å². The molecule has 0 saturated heterocycles. The van der Waals surface area contributed by atoms with Gasteiger partial charge in [0.2, 0.25) is 0 Å². The number of hydrogen-bond acceptors (Lipinski definition) is 2. The summed E-state index contributed by atoms with van der Waals surface area (Å²) < 4.78 is 0. The van der Waals surface area contributed by atoms with Gasteiger partial charge in [-0.15, -0.1) is 12.4 Å². The van der Waals surface area contributed by atoms with Crippen molar-refractivity contribution in [2.75, 3.05) is 6.54 Å². The number of halogens is 1. The number of rotatable bonds is 4. The van der Waals surface area contributed by atoms with E-state index in [1.165, 1.54) is 0 Å². The summed E-state index contributed by atoms with van der Waals surface area (Å²) in [5, 5.41) is 11.3. The summed E-state index contributed by atoms with van der Waals surface area (Å²) in [6, 6.07) is -0.366. The van der Waals surface area contributed by atoms with Crippen LogP contribution in [-0.2, 0) is 4.79 Å². The van der Waals surface area contributed by atoms with Crippen LogP contribution in [0.15, 0.2) is 0 Å². The van der Waals surface area contributed by atoms with Crippen molar-refractivity contribution in [2.45, 2.75) is 26.3 Å². The Morgan fingerprint density at radius 1 is 1.60 bits per heavy atom. The Bertz CT molecular complexity index is 97.7. The summed E-state index contributed by atoms with van der Waals surface area (Å²) in [5.74, 6) is -0.764. The number of likely N-dealkylation sites (N-methyl/N-ethyl adjacent to an activating group) is 1. The smallest absolute Gasteiger partial charge is 0.320 e. The third-order valence-electron chi connectivity index (χ3n) is 1.16. The van der Waals surface area contributed by atoms with Crippen molar-refractivity contribution >= 4 is 18.4 Å². The van der Waals surface area contributed by atoms with Crippen LogP contribution in [-0.4, -0.2) is 23.7 Å². The fourth-order valence-corrected chi connectivity index (χ4v) is 0.653. The van der Waals surface area contributed by atoms with Crippen LogP contribution in [0, 0.1) is 0 Å². The maximum Gasteiger partial charge on any atom is 0.320 e. The Kier molecular flexibility index (Phi) is 8.48. The molecule has 4 heteroatoms. The predicted octanol–water partition coefficient (Wildman–Crippen LogP) is 0.881. The van der Waals surface area contributed by atoms with E-state index >= 15 is 0 Å². The molecule has 1 atom stereocenters. The Balaban J connectivity index is 0. The van der Waals surface area contributed by atoms with E-state index in [2.05, 4.69) is 5.32 Å². The molecule has 0 aromatic rings. The van der Waals surface area contributed by atoms with Crippen molar-refractivity contribution in [2.24, 2.45) is 0 Å². The average Bonchev–Trinajstić information content (AvgIpc) is 1.82. The predicted molar refractivity (Wildman–Crippen MR) is 42.6 cm³/mol. The van der Waals surface area contributed by atoms with E-state index in [-0.39, 0.29) is 18.4 Å². The highest BCUT2D eigenvalue weighted by Crippen LogP contribution is 1.88. The fraction of sp³-hybridized carbons (Fsp3) is 0.833. The standard InChI is InChI=1S/C6H13NO2.ClH/c1-3-5(6(8)9)7-4-2;/h5,7H,3-4H2,1-2H3,(H,8,9);1H. The molecule has 0 aliphatic rings. The Morgan fingerprint density at radius 2 is 2.10 bits per heavy atom. The van der Waals surface area contributed by atoms with Gasteiger partial charge in [-0.2, -0.15) is 0 Å². The van der Waals surface area contributed by atoms with Crippen molar-refractivity contribution in [3.63, 3.8) is 0 Å². The molecule has 1 unspecified atom stereocenters. The van der Waals surface area contributed by atoms with Gasteiger partial charge in [-0.1, -0.05) is 13.8 Å². The molecule has 0 amide bonds. The summed E-state index contributed by atoms with van der Waals surface area (Å²) in [6.07, 6.45) is 0.642. The van der Waals surface area contributed by atoms with Gasteiger partial charge in [0.25, 0.3) is 0 Å². The lowest BCUT2D eigenvalue weighted by Gasteiger charge is -2.08. The van der Waals surface area contributed by atoms with Gasteiger partial charge >= 0.3 is 5.97 Å². The Hall–Kier alpha value is -0.280. The molecule has 0 radical (unpaired) electrons. The van der Waals surface area contributed by atoms with E-state index in [4.69, 9.17) is 5.11 Å². The van der Waals surface area contributed by atoms with Crippen LogP contribution in [0.5, 0.6) is 0 Å². The maximum atomic E-state index is 10.3. The number of carboxylic acids is 1. The lowest BCUT2D eigenvalue weighted by atomic mass is 10.2. The van der Waals surface area contributed by atoms with E-state index in [0.717, 1.165) is 0 Å². The quantitative estimate of drug-likeness (QED) is 0.654. The van der Waals surface area contributed by atoms with E-state index in [9.17, 15) is 4.79 Å². The molecular weight excluding hydrogens is 154 g/mol. The van der Waals surface area contributed by atoms with Gasteiger partial charge in [-0.05, 0) is 13.0 Å². The molecule has 0 rings (SSSR count). The van der Waals surface area contributed by atoms with Gasteiger partial charge in [0.05, 0.1) is 0 Å². The number of carbonyl (C=O) groups is 1. The van der Waals surface area contributed by atoms with Crippen LogP contribution in [0.25, 0.3) is 0 Å². The molecule has 2 N–H and O–H groups in total. The largest absolute Gasteiger partial charge is 0.480 e. The van der Waals surface area contributed by atoms with Crippen LogP contribution < -0.4 is 5.32 Å². The first kappa shape index (κ1) is 12.4. The van der Waals surface area contributed by atoms with Crippen LogP contribution in [0.1, 0.15) is 20.3 Å². The molecule has 0 aliphatic heterocycles. The SMILES string of the molecule is CCNC(CC)C(=O)O.Cl. The van der Waals surface area contributed by atoms with E-state index in [0.29, 0.717) is 13.0 Å². The van der Waals surface area contributed by atoms with E-state index < -0.39 is 5.97 Å². The zero-order valence-electron chi connectivity index (χ0n) is 6.26. The summed E-state index contributed by atoms with van der Waals surface area (Å²) in [7, 11) is 0. The zero-order valence-corrected chi connectivity index (χ0v) is 7.07. The highest BCUT2D eigenvalue weighted by molar-refractivity contribution is 5.85. The van der Waals surface area contributed by atoms with Gasteiger partial charge in [-0.25, -0.2) is 0 Å². The zero-order chi connectivity index (χ0) is 7.28. The first-order chi connectivity index (χ1) is 4.22. The summed E-state index contributed by atoms with van der Waals surface area (Å²) >= 11 is 0. The number of hydrogen-bond donors (Lipinski definition) is 2. The van der Waals surface area contributed by atoms with Crippen molar-refractivity contribution in [1.82, 2.24) is 5.32 Å². The van der Waals surface area contributed by atoms with Gasteiger partial charge in [0.15, 0.2) is 0 Å². The molecule has 10 heavy (non-hydrogen) atoms. The first-order valence-corrected chi connectivity index (χ1v) is 3.18. The second-order valence-corrected chi connectivity index (χ2v) is 1.86. The monoisotopic (exact) mass is 167 g/mol. The number of aliphatic carboxylic acids is 1. The minimum Gasteiger partial charge on any atom is -0.480 e. The maximum absolute atomic E-state index is 10.3. The molecule has 0 bridgehead atoms. The molecule has 62 valence electrons. The lowest BCUT2D eigenvalue weighted by Crippen LogP contribution is -2.35. The molecule has 0 heterocycles. The lowest BCUT2D eigenvalue weighted by molar-refractivity contribution is -0.139. The molecule has 0 saturated carbocycles. The molecular formula is C6H14ClNO2. The topological polar surface area (TPSA) is 49.3 Å². The third kappa shape index (κ3) is 4.58.